The van der Waals surface area contributed by atoms with E-state index >= 15 is 0 Å². The Hall–Kier alpha value is -6.18. The number of alkyl carbamates (subject to hydrolysis) is 2. The van der Waals surface area contributed by atoms with Crippen molar-refractivity contribution >= 4 is 34.8 Å². The number of ether oxygens (including phenoxy) is 2. The number of fused-ring (bicyclic) bond motifs is 3. The topological polar surface area (TPSA) is 175 Å². The van der Waals surface area contributed by atoms with Crippen LogP contribution in [0.15, 0.2) is 73.1 Å². The number of piperidine rings is 1. The number of nitrogens with zero attached hydrogens (tertiary/aromatic N) is 4. The number of rotatable bonds is 10. The van der Waals surface area contributed by atoms with E-state index in [0.717, 1.165) is 88.2 Å². The summed E-state index contributed by atoms with van der Waals surface area (Å²) in [5.74, 6) is 1.45. The Morgan fingerprint density at radius 2 is 1.42 bits per heavy atom. The highest BCUT2D eigenvalue weighted by Crippen LogP contribution is 2.50. The largest absolute Gasteiger partial charge is 0.453 e. The van der Waals surface area contributed by atoms with Gasteiger partial charge in [-0.1, -0.05) is 62.4 Å². The minimum absolute atomic E-state index is 0.0917. The number of nitrogens with one attached hydrogen (secondary N) is 4. The molecule has 296 valence electrons. The summed E-state index contributed by atoms with van der Waals surface area (Å²) in [4.78, 5) is 70.5. The number of imidazole rings is 2. The van der Waals surface area contributed by atoms with Gasteiger partial charge in [0.05, 0.1) is 50.1 Å². The van der Waals surface area contributed by atoms with Crippen molar-refractivity contribution < 1.29 is 28.7 Å². The number of amides is 4. The summed E-state index contributed by atoms with van der Waals surface area (Å²) >= 11 is 0. The quantitative estimate of drug-likeness (QED) is 0.121. The van der Waals surface area contributed by atoms with Gasteiger partial charge in [0, 0.05) is 18.2 Å². The van der Waals surface area contributed by atoms with E-state index < -0.39 is 18.2 Å². The molecule has 2 aliphatic heterocycles. The molecule has 1 saturated carbocycles. The molecule has 3 fully saturated rings. The highest BCUT2D eigenvalue weighted by Gasteiger charge is 2.51. The number of aromatic nitrogens is 4. The van der Waals surface area contributed by atoms with Gasteiger partial charge >= 0.3 is 12.2 Å². The minimum atomic E-state index is -0.679. The summed E-state index contributed by atoms with van der Waals surface area (Å²) in [5, 5.41) is 7.43. The van der Waals surface area contributed by atoms with E-state index in [-0.39, 0.29) is 42.4 Å². The predicted molar refractivity (Wildman–Crippen MR) is 214 cm³/mol. The fourth-order valence-corrected chi connectivity index (χ4v) is 8.91. The SMILES string of the molecule is COC(=O)NCC(=O)N1CCC[C@H]1c1ncc(-c2ccc3cc(-c4ccc(-c5cnc([C@@H]6[C@H]7CC[C@H](C7)N6C(=O)[C@@H](NC(=O)OC)C(C)C)[nH]5)cc4)ccc3c2)[nH]1. The van der Waals surface area contributed by atoms with Crippen LogP contribution in [-0.2, 0) is 19.1 Å². The lowest BCUT2D eigenvalue weighted by Gasteiger charge is -2.37. The van der Waals surface area contributed by atoms with Crippen molar-refractivity contribution in [2.45, 2.75) is 70.1 Å². The number of hydrogen-bond acceptors (Lipinski definition) is 8. The third-order valence-electron chi connectivity index (χ3n) is 11.8. The molecule has 2 saturated heterocycles. The highest BCUT2D eigenvalue weighted by molar-refractivity contribution is 5.91. The molecule has 57 heavy (non-hydrogen) atoms. The lowest BCUT2D eigenvalue weighted by molar-refractivity contribution is -0.139. The number of carbonyl (C=O) groups excluding carboxylic acids is 4. The molecule has 14 heteroatoms. The summed E-state index contributed by atoms with van der Waals surface area (Å²) in [5.41, 5.74) is 5.93. The van der Waals surface area contributed by atoms with Crippen LogP contribution in [0.5, 0.6) is 0 Å². The van der Waals surface area contributed by atoms with Gasteiger partial charge in [-0.25, -0.2) is 19.6 Å². The molecule has 0 spiro atoms. The third-order valence-corrected chi connectivity index (χ3v) is 11.8. The van der Waals surface area contributed by atoms with Gasteiger partial charge in [-0.3, -0.25) is 9.59 Å². The molecule has 5 aromatic rings. The van der Waals surface area contributed by atoms with Crippen LogP contribution >= 0.6 is 0 Å². The first-order chi connectivity index (χ1) is 27.6. The smallest absolute Gasteiger partial charge is 0.407 e. The Labute approximate surface area is 330 Å². The van der Waals surface area contributed by atoms with Gasteiger partial charge in [0.1, 0.15) is 24.2 Å². The first kappa shape index (κ1) is 37.7. The maximum absolute atomic E-state index is 13.9. The predicted octanol–water partition coefficient (Wildman–Crippen LogP) is 6.74. The summed E-state index contributed by atoms with van der Waals surface area (Å²) < 4.78 is 9.41. The zero-order valence-corrected chi connectivity index (χ0v) is 32.6. The molecule has 0 unspecified atom stereocenters. The van der Waals surface area contributed by atoms with Gasteiger partial charge in [0.15, 0.2) is 0 Å². The van der Waals surface area contributed by atoms with Crippen LogP contribution in [0.1, 0.15) is 69.7 Å². The van der Waals surface area contributed by atoms with Crippen LogP contribution in [-0.4, -0.2) is 93.1 Å². The zero-order valence-electron chi connectivity index (χ0n) is 32.6. The average Bonchev–Trinajstić information content (AvgIpc) is 4.09. The molecule has 2 aromatic heterocycles. The Bertz CT molecular complexity index is 2300. The third kappa shape index (κ3) is 7.43. The van der Waals surface area contributed by atoms with Crippen molar-refractivity contribution in [2.24, 2.45) is 11.8 Å². The summed E-state index contributed by atoms with van der Waals surface area (Å²) in [6, 6.07) is 20.2. The molecular weight excluding hydrogens is 725 g/mol. The van der Waals surface area contributed by atoms with E-state index in [1.54, 1.807) is 4.90 Å². The summed E-state index contributed by atoms with van der Waals surface area (Å²) in [7, 11) is 2.57. The van der Waals surface area contributed by atoms with Crippen LogP contribution in [0.3, 0.4) is 0 Å². The van der Waals surface area contributed by atoms with E-state index in [4.69, 9.17) is 9.72 Å². The maximum atomic E-state index is 13.9. The minimum Gasteiger partial charge on any atom is -0.453 e. The molecular formula is C43H48N8O6. The van der Waals surface area contributed by atoms with Crippen molar-refractivity contribution in [3.63, 3.8) is 0 Å². The number of benzene rings is 3. The monoisotopic (exact) mass is 772 g/mol. The van der Waals surface area contributed by atoms with Crippen molar-refractivity contribution in [2.75, 3.05) is 27.3 Å². The zero-order chi connectivity index (χ0) is 39.8. The van der Waals surface area contributed by atoms with E-state index in [9.17, 15) is 19.2 Å². The number of likely N-dealkylation sites (tertiary alicyclic amines) is 2. The Morgan fingerprint density at radius 1 is 0.789 bits per heavy atom. The molecule has 0 radical (unpaired) electrons. The first-order valence-corrected chi connectivity index (χ1v) is 19.6. The van der Waals surface area contributed by atoms with E-state index in [0.29, 0.717) is 12.5 Å². The molecule has 4 amide bonds. The van der Waals surface area contributed by atoms with Crippen molar-refractivity contribution in [1.29, 1.82) is 0 Å². The fraction of sp³-hybridized carbons (Fsp3) is 0.395. The Kier molecular flexibility index (Phi) is 10.4. The molecule has 3 aliphatic rings. The summed E-state index contributed by atoms with van der Waals surface area (Å²) in [6.07, 6.45) is 6.99. The maximum Gasteiger partial charge on any atom is 0.407 e. The fourth-order valence-electron chi connectivity index (χ4n) is 8.91. The first-order valence-electron chi connectivity index (χ1n) is 19.6. The number of aromatic amines is 2. The van der Waals surface area contributed by atoms with Gasteiger partial charge in [-0.05, 0) is 83.5 Å². The average molecular weight is 773 g/mol. The Balaban J connectivity index is 0.950. The standard InChI is InChI=1S/C43H48N8O6/c1-24(2)37(49-43(55)57-4)41(53)51-32-16-15-31(20-32)38(51)40-45-21-33(48-40)26-9-7-25(8-10-26)27-11-12-29-19-30(14-13-28(29)18-27)34-22-44-39(47-34)35-6-5-17-50(35)36(52)23-46-42(54)56-3/h7-14,18-19,21-22,24,31-32,35,37-38H,5-6,15-17,20,23H2,1-4H3,(H,44,47)(H,45,48)(H,46,54)(H,49,55)/t31-,32+,35-,37-,38-/m0/s1. The molecule has 5 atom stereocenters. The molecule has 2 bridgehead atoms. The Morgan fingerprint density at radius 3 is 2.14 bits per heavy atom. The molecule has 3 aromatic carbocycles. The van der Waals surface area contributed by atoms with E-state index in [1.807, 2.05) is 31.1 Å². The van der Waals surface area contributed by atoms with E-state index in [1.165, 1.54) is 14.2 Å². The molecule has 8 rings (SSSR count). The van der Waals surface area contributed by atoms with Crippen LogP contribution in [0, 0.1) is 11.8 Å². The lowest BCUT2D eigenvalue weighted by atomic mass is 9.95. The lowest BCUT2D eigenvalue weighted by Crippen LogP contribution is -2.54. The van der Waals surface area contributed by atoms with Gasteiger partial charge < -0.3 is 39.9 Å². The normalized spacial score (nSPS) is 20.6. The van der Waals surface area contributed by atoms with Gasteiger partial charge in [0.25, 0.3) is 0 Å². The van der Waals surface area contributed by atoms with Crippen LogP contribution < -0.4 is 10.6 Å². The molecule has 4 heterocycles. The number of methoxy groups -OCH3 is 2. The van der Waals surface area contributed by atoms with Crippen LogP contribution in [0.25, 0.3) is 44.4 Å². The van der Waals surface area contributed by atoms with Crippen LogP contribution in [0.4, 0.5) is 9.59 Å². The second-order valence-corrected chi connectivity index (χ2v) is 15.6. The molecule has 1 aliphatic carbocycles. The van der Waals surface area contributed by atoms with Gasteiger partial charge in [0.2, 0.25) is 11.8 Å². The van der Waals surface area contributed by atoms with Crippen molar-refractivity contribution in [1.82, 2.24) is 40.4 Å². The van der Waals surface area contributed by atoms with Crippen molar-refractivity contribution in [3.8, 4) is 33.6 Å². The van der Waals surface area contributed by atoms with Gasteiger partial charge in [-0.15, -0.1) is 0 Å². The van der Waals surface area contributed by atoms with Crippen LogP contribution in [0.2, 0.25) is 0 Å². The summed E-state index contributed by atoms with van der Waals surface area (Å²) in [6.45, 7) is 4.34. The highest BCUT2D eigenvalue weighted by atomic mass is 16.5. The van der Waals surface area contributed by atoms with Gasteiger partial charge in [-0.2, -0.15) is 0 Å². The second-order valence-electron chi connectivity index (χ2n) is 15.6. The number of hydrogen-bond donors (Lipinski definition) is 4. The second kappa shape index (κ2) is 15.8. The van der Waals surface area contributed by atoms with E-state index in [2.05, 4.69) is 91.0 Å². The number of carbonyl (C=O) groups is 4. The van der Waals surface area contributed by atoms with Crippen molar-refractivity contribution in [3.05, 3.63) is 84.7 Å². The number of H-pyrrole nitrogens is 2. The molecule has 4 N–H and O–H groups in total. The molecule has 14 nitrogen and oxygen atoms in total.